The molecule has 4 rings (SSSR count). The van der Waals surface area contributed by atoms with Gasteiger partial charge in [0.05, 0.1) is 6.42 Å². The van der Waals surface area contributed by atoms with Crippen LogP contribution in [0.3, 0.4) is 0 Å². The molecule has 3 heterocycles. The van der Waals surface area contributed by atoms with Gasteiger partial charge in [-0.15, -0.1) is 0 Å². The average molecular weight is 387 g/mol. The van der Waals surface area contributed by atoms with Crippen molar-refractivity contribution in [1.29, 1.82) is 0 Å². The van der Waals surface area contributed by atoms with Crippen LogP contribution in [0.4, 0.5) is 0 Å². The maximum absolute atomic E-state index is 12.5. The summed E-state index contributed by atoms with van der Waals surface area (Å²) >= 11 is 0. The second kappa shape index (κ2) is 7.64. The SMILES string of the molecule is Cc1nonc1CC(=O)N1CCC(c2nc(C3CCCC(C)(C)C3)no2)CC1. The first-order valence-electron chi connectivity index (χ1n) is 10.3. The number of carbonyl (C=O) groups is 1. The number of hydrogen-bond acceptors (Lipinski definition) is 7. The molecular weight excluding hydrogens is 358 g/mol. The topological polar surface area (TPSA) is 98.2 Å². The number of carbonyl (C=O) groups excluding carboxylic acids is 1. The molecule has 2 aliphatic rings. The van der Waals surface area contributed by atoms with Crippen LogP contribution in [0.5, 0.6) is 0 Å². The van der Waals surface area contributed by atoms with Gasteiger partial charge in [-0.05, 0) is 44.4 Å². The molecule has 1 aliphatic carbocycles. The Labute approximate surface area is 165 Å². The van der Waals surface area contributed by atoms with Crippen LogP contribution in [-0.2, 0) is 11.2 Å². The van der Waals surface area contributed by atoms with Crippen molar-refractivity contribution in [2.45, 2.75) is 77.6 Å². The molecule has 0 spiro atoms. The quantitative estimate of drug-likeness (QED) is 0.793. The summed E-state index contributed by atoms with van der Waals surface area (Å²) in [6.07, 6.45) is 6.69. The molecule has 0 bridgehead atoms. The third-order valence-corrected chi connectivity index (χ3v) is 6.29. The van der Waals surface area contributed by atoms with Crippen LogP contribution >= 0.6 is 0 Å². The minimum Gasteiger partial charge on any atom is -0.342 e. The molecule has 0 N–H and O–H groups in total. The standard InChI is InChI=1S/C20H29N5O3/c1-13-16(23-28-22-13)11-17(26)25-9-6-14(7-10-25)19-21-18(24-27-19)15-5-4-8-20(2,3)12-15/h14-15H,4-12H2,1-3H3. The molecule has 8 nitrogen and oxygen atoms in total. The third-order valence-electron chi connectivity index (χ3n) is 6.29. The first-order chi connectivity index (χ1) is 13.4. The van der Waals surface area contributed by atoms with E-state index in [1.807, 2.05) is 4.90 Å². The van der Waals surface area contributed by atoms with Gasteiger partial charge >= 0.3 is 0 Å². The van der Waals surface area contributed by atoms with Gasteiger partial charge < -0.3 is 9.42 Å². The first-order valence-corrected chi connectivity index (χ1v) is 10.3. The lowest BCUT2D eigenvalue weighted by Crippen LogP contribution is -2.39. The Bertz CT molecular complexity index is 819. The highest BCUT2D eigenvalue weighted by Crippen LogP contribution is 2.42. The normalized spacial score (nSPS) is 23.1. The van der Waals surface area contributed by atoms with Gasteiger partial charge in [0.1, 0.15) is 11.4 Å². The molecule has 1 amide bonds. The molecule has 1 saturated heterocycles. The van der Waals surface area contributed by atoms with Gasteiger partial charge in [0.2, 0.25) is 11.8 Å². The lowest BCUT2D eigenvalue weighted by Gasteiger charge is -2.33. The Hall–Kier alpha value is -2.25. The first kappa shape index (κ1) is 19.1. The summed E-state index contributed by atoms with van der Waals surface area (Å²) in [7, 11) is 0. The summed E-state index contributed by atoms with van der Waals surface area (Å²) in [6, 6.07) is 0. The Balaban J connectivity index is 1.32. The number of piperidine rings is 1. The smallest absolute Gasteiger partial charge is 0.229 e. The van der Waals surface area contributed by atoms with E-state index in [-0.39, 0.29) is 18.2 Å². The monoisotopic (exact) mass is 387 g/mol. The molecule has 1 atom stereocenters. The second-order valence-corrected chi connectivity index (χ2v) is 9.08. The van der Waals surface area contributed by atoms with Crippen LogP contribution in [0, 0.1) is 12.3 Å². The molecule has 8 heteroatoms. The van der Waals surface area contributed by atoms with Crippen LogP contribution in [0.1, 0.15) is 87.3 Å². The second-order valence-electron chi connectivity index (χ2n) is 9.08. The molecule has 1 unspecified atom stereocenters. The number of amides is 1. The predicted molar refractivity (Wildman–Crippen MR) is 101 cm³/mol. The Morgan fingerprint density at radius 2 is 1.93 bits per heavy atom. The lowest BCUT2D eigenvalue weighted by atomic mass is 9.72. The highest BCUT2D eigenvalue weighted by Gasteiger charge is 2.33. The van der Waals surface area contributed by atoms with Crippen LogP contribution in [0.2, 0.25) is 0 Å². The van der Waals surface area contributed by atoms with Gasteiger partial charge in [0.25, 0.3) is 0 Å². The predicted octanol–water partition coefficient (Wildman–Crippen LogP) is 3.39. The zero-order valence-electron chi connectivity index (χ0n) is 17.0. The number of rotatable bonds is 4. The van der Waals surface area contributed by atoms with Gasteiger partial charge in [0, 0.05) is 24.9 Å². The number of hydrogen-bond donors (Lipinski definition) is 0. The fourth-order valence-corrected chi connectivity index (χ4v) is 4.54. The van der Waals surface area contributed by atoms with Crippen molar-refractivity contribution in [2.24, 2.45) is 5.41 Å². The number of likely N-dealkylation sites (tertiary alicyclic amines) is 1. The average Bonchev–Trinajstić information content (AvgIpc) is 3.31. The molecule has 0 radical (unpaired) electrons. The van der Waals surface area contributed by atoms with Gasteiger partial charge in [-0.1, -0.05) is 35.7 Å². The van der Waals surface area contributed by atoms with Crippen molar-refractivity contribution in [1.82, 2.24) is 25.4 Å². The van der Waals surface area contributed by atoms with Crippen molar-refractivity contribution in [2.75, 3.05) is 13.1 Å². The lowest BCUT2D eigenvalue weighted by molar-refractivity contribution is -0.131. The minimum atomic E-state index is 0.0629. The maximum Gasteiger partial charge on any atom is 0.229 e. The van der Waals surface area contributed by atoms with E-state index in [1.165, 1.54) is 12.8 Å². The summed E-state index contributed by atoms with van der Waals surface area (Å²) < 4.78 is 10.3. The van der Waals surface area contributed by atoms with Gasteiger partial charge in [-0.25, -0.2) is 4.63 Å². The molecule has 28 heavy (non-hydrogen) atoms. The van der Waals surface area contributed by atoms with Gasteiger partial charge in [-0.2, -0.15) is 4.98 Å². The van der Waals surface area contributed by atoms with Crippen molar-refractivity contribution < 1.29 is 13.9 Å². The summed E-state index contributed by atoms with van der Waals surface area (Å²) in [5.41, 5.74) is 1.64. The Morgan fingerprint density at radius 3 is 2.61 bits per heavy atom. The Morgan fingerprint density at radius 1 is 1.14 bits per heavy atom. The molecule has 2 aromatic heterocycles. The summed E-state index contributed by atoms with van der Waals surface area (Å²) in [5.74, 6) is 2.31. The van der Waals surface area contributed by atoms with Crippen LogP contribution < -0.4 is 0 Å². The summed E-state index contributed by atoms with van der Waals surface area (Å²) in [4.78, 5) is 19.1. The van der Waals surface area contributed by atoms with Gasteiger partial charge in [0.15, 0.2) is 5.82 Å². The molecule has 0 aromatic carbocycles. The Kier molecular flexibility index (Phi) is 5.21. The van der Waals surface area contributed by atoms with Crippen molar-refractivity contribution in [3.05, 3.63) is 23.1 Å². The summed E-state index contributed by atoms with van der Waals surface area (Å²) in [5, 5.41) is 11.8. The zero-order valence-corrected chi connectivity index (χ0v) is 17.0. The van der Waals surface area contributed by atoms with Crippen LogP contribution in [0.25, 0.3) is 0 Å². The fraction of sp³-hybridized carbons (Fsp3) is 0.750. The molecule has 152 valence electrons. The fourth-order valence-electron chi connectivity index (χ4n) is 4.54. The highest BCUT2D eigenvalue weighted by molar-refractivity contribution is 5.78. The van der Waals surface area contributed by atoms with E-state index < -0.39 is 0 Å². The van der Waals surface area contributed by atoms with Crippen molar-refractivity contribution in [3.8, 4) is 0 Å². The van der Waals surface area contributed by atoms with Crippen LogP contribution in [-0.4, -0.2) is 44.4 Å². The van der Waals surface area contributed by atoms with E-state index in [0.717, 1.165) is 37.4 Å². The van der Waals surface area contributed by atoms with Crippen molar-refractivity contribution >= 4 is 5.91 Å². The molecule has 2 aromatic rings. The van der Waals surface area contributed by atoms with Gasteiger partial charge in [-0.3, -0.25) is 4.79 Å². The van der Waals surface area contributed by atoms with E-state index in [4.69, 9.17) is 9.51 Å². The van der Waals surface area contributed by atoms with E-state index in [0.29, 0.717) is 35.8 Å². The van der Waals surface area contributed by atoms with E-state index in [2.05, 4.69) is 33.9 Å². The van der Waals surface area contributed by atoms with E-state index in [9.17, 15) is 4.79 Å². The molecule has 1 saturated carbocycles. The summed E-state index contributed by atoms with van der Waals surface area (Å²) in [6.45, 7) is 7.84. The number of aromatic nitrogens is 4. The highest BCUT2D eigenvalue weighted by atomic mass is 16.6. The largest absolute Gasteiger partial charge is 0.342 e. The van der Waals surface area contributed by atoms with E-state index in [1.54, 1.807) is 6.92 Å². The third kappa shape index (κ3) is 4.10. The molecule has 1 aliphatic heterocycles. The maximum atomic E-state index is 12.5. The van der Waals surface area contributed by atoms with Crippen molar-refractivity contribution in [3.63, 3.8) is 0 Å². The van der Waals surface area contributed by atoms with E-state index >= 15 is 0 Å². The van der Waals surface area contributed by atoms with Crippen LogP contribution in [0.15, 0.2) is 9.15 Å². The number of aryl methyl sites for hydroxylation is 1. The molecular formula is C20H29N5O3. The zero-order chi connectivity index (χ0) is 19.7. The molecule has 2 fully saturated rings. The minimum absolute atomic E-state index is 0.0629. The number of nitrogens with zero attached hydrogens (tertiary/aromatic N) is 5.